The quantitative estimate of drug-likeness (QED) is 0.863. The third-order valence-electron chi connectivity index (χ3n) is 3.66. The predicted molar refractivity (Wildman–Crippen MR) is 74.6 cm³/mol. The molecule has 0 amide bonds. The average Bonchev–Trinajstić information content (AvgIpc) is 2.45. The fourth-order valence-corrected chi connectivity index (χ4v) is 3.00. The number of hydrogen-bond acceptors (Lipinski definition) is 4. The Morgan fingerprint density at radius 1 is 1.29 bits per heavy atom. The molecule has 2 N–H and O–H groups in total. The lowest BCUT2D eigenvalue weighted by molar-refractivity contribution is 0.0404. The molecule has 1 aromatic carbocycles. The van der Waals surface area contributed by atoms with E-state index in [-0.39, 0.29) is 11.5 Å². The van der Waals surface area contributed by atoms with Gasteiger partial charge in [0.25, 0.3) is 0 Å². The second-order valence-corrected chi connectivity index (χ2v) is 6.85. The molecule has 1 aliphatic carbocycles. The van der Waals surface area contributed by atoms with Gasteiger partial charge in [0, 0.05) is 0 Å². The highest BCUT2D eigenvalue weighted by Crippen LogP contribution is 2.24. The van der Waals surface area contributed by atoms with Crippen LogP contribution in [0, 0.1) is 11.7 Å². The Morgan fingerprint density at radius 3 is 2.57 bits per heavy atom. The van der Waals surface area contributed by atoms with E-state index in [0.717, 1.165) is 43.9 Å². The van der Waals surface area contributed by atoms with Gasteiger partial charge >= 0.3 is 5.97 Å². The fraction of sp³-hybridized carbons (Fsp3) is 0.500. The molecular formula is C14H18FNO4S. The first-order valence-corrected chi connectivity index (χ1v) is 8.42. The summed E-state index contributed by atoms with van der Waals surface area (Å²) in [5.74, 6) is -1.38. The minimum absolute atomic E-state index is 0.234. The smallest absolute Gasteiger partial charge is 0.341 e. The number of carbonyl (C=O) groups is 1. The molecule has 0 bridgehead atoms. The van der Waals surface area contributed by atoms with Crippen LogP contribution in [0.3, 0.4) is 0 Å². The highest BCUT2D eigenvalue weighted by Gasteiger charge is 2.20. The second-order valence-electron chi connectivity index (χ2n) is 5.29. The standard InChI is InChI=1S/C14H18FNO4S/c15-13-7-6-11(21(16,18)19)8-12(13)14(17)20-9-10-4-2-1-3-5-10/h6-8,10H,1-5,9H2,(H2,16,18,19). The van der Waals surface area contributed by atoms with Crippen molar-refractivity contribution in [2.24, 2.45) is 11.1 Å². The van der Waals surface area contributed by atoms with Crippen LogP contribution in [-0.4, -0.2) is 21.0 Å². The van der Waals surface area contributed by atoms with Crippen molar-refractivity contribution in [3.63, 3.8) is 0 Å². The SMILES string of the molecule is NS(=O)(=O)c1ccc(F)c(C(=O)OCC2CCCCC2)c1. The molecule has 0 atom stereocenters. The van der Waals surface area contributed by atoms with Crippen LogP contribution in [0.15, 0.2) is 23.1 Å². The Bertz CT molecular complexity index is 624. The Balaban J connectivity index is 2.07. The molecule has 1 fully saturated rings. The van der Waals surface area contributed by atoms with Gasteiger partial charge in [-0.1, -0.05) is 19.3 Å². The Labute approximate surface area is 123 Å². The van der Waals surface area contributed by atoms with E-state index in [2.05, 4.69) is 0 Å². The maximum absolute atomic E-state index is 13.6. The first kappa shape index (κ1) is 15.9. The highest BCUT2D eigenvalue weighted by molar-refractivity contribution is 7.89. The van der Waals surface area contributed by atoms with Crippen LogP contribution in [0.2, 0.25) is 0 Å². The minimum Gasteiger partial charge on any atom is -0.462 e. The molecule has 0 unspecified atom stereocenters. The first-order chi connectivity index (χ1) is 9.88. The summed E-state index contributed by atoms with van der Waals surface area (Å²) in [6.45, 7) is 0.234. The maximum Gasteiger partial charge on any atom is 0.341 e. The van der Waals surface area contributed by atoms with E-state index < -0.39 is 27.4 Å². The van der Waals surface area contributed by atoms with Gasteiger partial charge in [0.2, 0.25) is 10.0 Å². The number of esters is 1. The highest BCUT2D eigenvalue weighted by atomic mass is 32.2. The molecule has 5 nitrogen and oxygen atoms in total. The number of benzene rings is 1. The number of sulfonamides is 1. The van der Waals surface area contributed by atoms with Crippen molar-refractivity contribution in [3.05, 3.63) is 29.6 Å². The maximum atomic E-state index is 13.6. The lowest BCUT2D eigenvalue weighted by atomic mass is 9.90. The van der Waals surface area contributed by atoms with Crippen molar-refractivity contribution in [1.82, 2.24) is 0 Å². The summed E-state index contributed by atoms with van der Waals surface area (Å²) in [6, 6.07) is 2.83. The molecule has 1 aliphatic rings. The zero-order chi connectivity index (χ0) is 15.5. The van der Waals surface area contributed by atoms with Gasteiger partial charge in [0.1, 0.15) is 5.82 Å². The molecule has 0 radical (unpaired) electrons. The van der Waals surface area contributed by atoms with Crippen molar-refractivity contribution < 1.29 is 22.3 Å². The first-order valence-electron chi connectivity index (χ1n) is 6.87. The lowest BCUT2D eigenvalue weighted by Crippen LogP contribution is -2.18. The zero-order valence-electron chi connectivity index (χ0n) is 11.5. The molecule has 0 heterocycles. The molecule has 116 valence electrons. The van der Waals surface area contributed by atoms with Gasteiger partial charge in [-0.3, -0.25) is 0 Å². The van der Waals surface area contributed by atoms with Crippen LogP contribution < -0.4 is 5.14 Å². The second kappa shape index (κ2) is 6.53. The van der Waals surface area contributed by atoms with E-state index in [4.69, 9.17) is 9.88 Å². The van der Waals surface area contributed by atoms with Gasteiger partial charge in [0.15, 0.2) is 0 Å². The van der Waals surface area contributed by atoms with Gasteiger partial charge in [0.05, 0.1) is 17.1 Å². The van der Waals surface area contributed by atoms with Gasteiger partial charge in [-0.15, -0.1) is 0 Å². The molecule has 1 aromatic rings. The van der Waals surface area contributed by atoms with E-state index in [9.17, 15) is 17.6 Å². The largest absolute Gasteiger partial charge is 0.462 e. The molecule has 0 aliphatic heterocycles. The normalized spacial score (nSPS) is 16.7. The summed E-state index contributed by atoms with van der Waals surface area (Å²) in [5, 5.41) is 4.96. The van der Waals surface area contributed by atoms with Crippen LogP contribution in [0.5, 0.6) is 0 Å². The lowest BCUT2D eigenvalue weighted by Gasteiger charge is -2.21. The Hall–Kier alpha value is -1.47. The zero-order valence-corrected chi connectivity index (χ0v) is 12.4. The molecule has 21 heavy (non-hydrogen) atoms. The third kappa shape index (κ3) is 4.25. The monoisotopic (exact) mass is 315 g/mol. The van der Waals surface area contributed by atoms with E-state index in [0.29, 0.717) is 5.92 Å². The van der Waals surface area contributed by atoms with Crippen molar-refractivity contribution in [1.29, 1.82) is 0 Å². The van der Waals surface area contributed by atoms with Crippen molar-refractivity contribution >= 4 is 16.0 Å². The van der Waals surface area contributed by atoms with E-state index >= 15 is 0 Å². The number of rotatable bonds is 4. The van der Waals surface area contributed by atoms with Crippen molar-refractivity contribution in [2.75, 3.05) is 6.61 Å². The number of halogens is 1. The van der Waals surface area contributed by atoms with Crippen LogP contribution in [0.25, 0.3) is 0 Å². The minimum atomic E-state index is -3.99. The summed E-state index contributed by atoms with van der Waals surface area (Å²) in [4.78, 5) is 11.6. The topological polar surface area (TPSA) is 86.5 Å². The molecule has 0 aromatic heterocycles. The summed E-state index contributed by atoms with van der Waals surface area (Å²) < 4.78 is 41.2. The number of ether oxygens (including phenoxy) is 1. The summed E-state index contributed by atoms with van der Waals surface area (Å²) >= 11 is 0. The van der Waals surface area contributed by atoms with Gasteiger partial charge in [-0.05, 0) is 37.0 Å². The molecular weight excluding hydrogens is 297 g/mol. The predicted octanol–water partition coefficient (Wildman–Crippen LogP) is 2.21. The molecule has 0 saturated heterocycles. The van der Waals surface area contributed by atoms with E-state index in [1.807, 2.05) is 0 Å². The van der Waals surface area contributed by atoms with Crippen LogP contribution in [0.1, 0.15) is 42.5 Å². The third-order valence-corrected chi connectivity index (χ3v) is 4.57. The molecule has 1 saturated carbocycles. The van der Waals surface area contributed by atoms with Crippen LogP contribution in [0.4, 0.5) is 4.39 Å². The number of primary sulfonamides is 1. The van der Waals surface area contributed by atoms with Crippen LogP contribution >= 0.6 is 0 Å². The average molecular weight is 315 g/mol. The number of nitrogens with two attached hydrogens (primary N) is 1. The van der Waals surface area contributed by atoms with Crippen molar-refractivity contribution in [3.8, 4) is 0 Å². The fourth-order valence-electron chi connectivity index (χ4n) is 2.46. The Kier molecular flexibility index (Phi) is 4.95. The van der Waals surface area contributed by atoms with Crippen molar-refractivity contribution in [2.45, 2.75) is 37.0 Å². The summed E-state index contributed by atoms with van der Waals surface area (Å²) in [7, 11) is -3.99. The summed E-state index contributed by atoms with van der Waals surface area (Å²) in [6.07, 6.45) is 5.39. The number of carbonyl (C=O) groups excluding carboxylic acids is 1. The van der Waals surface area contributed by atoms with Gasteiger partial charge < -0.3 is 4.74 Å². The van der Waals surface area contributed by atoms with Gasteiger partial charge in [-0.2, -0.15) is 0 Å². The van der Waals surface area contributed by atoms with Crippen LogP contribution in [-0.2, 0) is 14.8 Å². The Morgan fingerprint density at radius 2 is 1.95 bits per heavy atom. The van der Waals surface area contributed by atoms with E-state index in [1.165, 1.54) is 6.42 Å². The summed E-state index contributed by atoms with van der Waals surface area (Å²) in [5.41, 5.74) is -0.405. The molecule has 0 spiro atoms. The van der Waals surface area contributed by atoms with Gasteiger partial charge in [-0.25, -0.2) is 22.7 Å². The number of hydrogen-bond donors (Lipinski definition) is 1. The molecule has 7 heteroatoms. The molecule has 2 rings (SSSR count). The van der Waals surface area contributed by atoms with E-state index in [1.54, 1.807) is 0 Å².